The summed E-state index contributed by atoms with van der Waals surface area (Å²) in [6.45, 7) is 5.92. The Morgan fingerprint density at radius 1 is 0.920 bits per heavy atom. The summed E-state index contributed by atoms with van der Waals surface area (Å²) in [6.07, 6.45) is 4.23. The Labute approximate surface area is 149 Å². The highest BCUT2D eigenvalue weighted by atomic mass is 16.7. The van der Waals surface area contributed by atoms with Gasteiger partial charge < -0.3 is 14.0 Å². The topological polar surface area (TPSA) is 23.4 Å². The summed E-state index contributed by atoms with van der Waals surface area (Å²) >= 11 is 0. The monoisotopic (exact) mass is 337 g/mol. The molecular formula is C22H27NO2. The Balaban J connectivity index is 1.67. The van der Waals surface area contributed by atoms with Crippen molar-refractivity contribution in [2.24, 2.45) is 0 Å². The molecule has 1 aliphatic rings. The summed E-state index contributed by atoms with van der Waals surface area (Å²) in [5, 5.41) is 2.62. The molecule has 0 bridgehead atoms. The van der Waals surface area contributed by atoms with Crippen molar-refractivity contribution in [1.82, 2.24) is 4.57 Å². The van der Waals surface area contributed by atoms with E-state index >= 15 is 0 Å². The van der Waals surface area contributed by atoms with Crippen LogP contribution in [0.5, 0.6) is 0 Å². The molecule has 2 heterocycles. The lowest BCUT2D eigenvalue weighted by atomic mass is 10.1. The minimum Gasteiger partial charge on any atom is -0.347 e. The lowest BCUT2D eigenvalue weighted by Crippen LogP contribution is -2.31. The maximum atomic E-state index is 6.46. The number of hydrogen-bond acceptors (Lipinski definition) is 2. The van der Waals surface area contributed by atoms with E-state index in [1.807, 2.05) is 0 Å². The Bertz CT molecular complexity index is 807. The van der Waals surface area contributed by atoms with Crippen molar-refractivity contribution in [3.05, 3.63) is 48.5 Å². The summed E-state index contributed by atoms with van der Waals surface area (Å²) in [5.41, 5.74) is 2.55. The van der Waals surface area contributed by atoms with Crippen molar-refractivity contribution < 1.29 is 9.47 Å². The van der Waals surface area contributed by atoms with E-state index in [9.17, 15) is 0 Å². The lowest BCUT2D eigenvalue weighted by molar-refractivity contribution is -0.178. The van der Waals surface area contributed by atoms with Gasteiger partial charge in [-0.2, -0.15) is 0 Å². The van der Waals surface area contributed by atoms with Gasteiger partial charge in [0.05, 0.1) is 13.2 Å². The first-order chi connectivity index (χ1) is 12.3. The zero-order chi connectivity index (χ0) is 17.3. The number of rotatable bonds is 6. The molecule has 0 amide bonds. The lowest BCUT2D eigenvalue weighted by Gasteiger charge is -2.27. The average Bonchev–Trinajstić information content (AvgIpc) is 3.17. The van der Waals surface area contributed by atoms with Crippen molar-refractivity contribution in [1.29, 1.82) is 0 Å². The molecule has 2 aromatic carbocycles. The van der Waals surface area contributed by atoms with Crippen LogP contribution in [0.3, 0.4) is 0 Å². The molecule has 3 aromatic rings. The van der Waals surface area contributed by atoms with Gasteiger partial charge in [0.15, 0.2) is 5.79 Å². The SMILES string of the molecule is CCCC1(CCC)OC[C@H](Cn2c3ccccc3c3ccccc32)O1. The standard InChI is InChI=1S/C22H27NO2/c1-3-13-22(14-4-2)24-16-17(25-22)15-23-20-11-7-5-9-18(20)19-10-6-8-12-21(19)23/h5-12,17H,3-4,13-16H2,1-2H3/t17-/m0/s1. The van der Waals surface area contributed by atoms with E-state index in [0.29, 0.717) is 6.61 Å². The molecule has 1 saturated heterocycles. The fourth-order valence-corrected chi connectivity index (χ4v) is 4.26. The van der Waals surface area contributed by atoms with E-state index in [2.05, 4.69) is 66.9 Å². The molecule has 0 N–H and O–H groups in total. The van der Waals surface area contributed by atoms with Crippen LogP contribution in [-0.4, -0.2) is 23.1 Å². The molecule has 0 aliphatic carbocycles. The van der Waals surface area contributed by atoms with E-state index < -0.39 is 0 Å². The van der Waals surface area contributed by atoms with Crippen LogP contribution in [-0.2, 0) is 16.0 Å². The minimum absolute atomic E-state index is 0.109. The molecule has 4 rings (SSSR count). The molecule has 0 spiro atoms. The molecule has 3 nitrogen and oxygen atoms in total. The highest BCUT2D eigenvalue weighted by molar-refractivity contribution is 6.07. The maximum Gasteiger partial charge on any atom is 0.168 e. The summed E-state index contributed by atoms with van der Waals surface area (Å²) in [5.74, 6) is -0.368. The van der Waals surface area contributed by atoms with Gasteiger partial charge in [-0.05, 0) is 12.1 Å². The Kier molecular flexibility index (Phi) is 4.53. The van der Waals surface area contributed by atoms with Crippen LogP contribution in [0.2, 0.25) is 0 Å². The van der Waals surface area contributed by atoms with Gasteiger partial charge in [0.25, 0.3) is 0 Å². The highest BCUT2D eigenvalue weighted by Crippen LogP contribution is 2.35. The van der Waals surface area contributed by atoms with E-state index in [1.54, 1.807) is 0 Å². The van der Waals surface area contributed by atoms with Crippen LogP contribution in [0.4, 0.5) is 0 Å². The second-order valence-electron chi connectivity index (χ2n) is 7.11. The van der Waals surface area contributed by atoms with Gasteiger partial charge >= 0.3 is 0 Å². The van der Waals surface area contributed by atoms with Gasteiger partial charge in [-0.3, -0.25) is 0 Å². The predicted molar refractivity (Wildman–Crippen MR) is 103 cm³/mol. The smallest absolute Gasteiger partial charge is 0.168 e. The molecule has 1 aromatic heterocycles. The zero-order valence-electron chi connectivity index (χ0n) is 15.2. The van der Waals surface area contributed by atoms with Crippen LogP contribution >= 0.6 is 0 Å². The van der Waals surface area contributed by atoms with Crippen molar-refractivity contribution in [2.45, 2.75) is 58.0 Å². The Hall–Kier alpha value is -1.84. The molecule has 1 aliphatic heterocycles. The molecule has 3 heteroatoms. The van der Waals surface area contributed by atoms with E-state index in [4.69, 9.17) is 9.47 Å². The fraction of sp³-hybridized carbons (Fsp3) is 0.455. The summed E-state index contributed by atoms with van der Waals surface area (Å²) < 4.78 is 15.0. The first-order valence-electron chi connectivity index (χ1n) is 9.54. The normalized spacial score (nSPS) is 19.8. The number of benzene rings is 2. The first-order valence-corrected chi connectivity index (χ1v) is 9.54. The number of nitrogens with zero attached hydrogens (tertiary/aromatic N) is 1. The number of ether oxygens (including phenoxy) is 2. The number of fused-ring (bicyclic) bond motifs is 3. The van der Waals surface area contributed by atoms with Crippen molar-refractivity contribution in [3.8, 4) is 0 Å². The number of aromatic nitrogens is 1. The molecule has 0 unspecified atom stereocenters. The van der Waals surface area contributed by atoms with Gasteiger partial charge in [-0.15, -0.1) is 0 Å². The first kappa shape index (κ1) is 16.6. The van der Waals surface area contributed by atoms with Crippen LogP contribution in [0.1, 0.15) is 39.5 Å². The Morgan fingerprint density at radius 3 is 2.04 bits per heavy atom. The van der Waals surface area contributed by atoms with Crippen LogP contribution in [0.25, 0.3) is 21.8 Å². The highest BCUT2D eigenvalue weighted by Gasteiger charge is 2.40. The van der Waals surface area contributed by atoms with E-state index in [0.717, 1.165) is 32.2 Å². The van der Waals surface area contributed by atoms with E-state index in [1.165, 1.54) is 21.8 Å². The molecular weight excluding hydrogens is 310 g/mol. The van der Waals surface area contributed by atoms with Gasteiger partial charge in [0, 0.05) is 34.6 Å². The van der Waals surface area contributed by atoms with Crippen molar-refractivity contribution >= 4 is 21.8 Å². The summed E-state index contributed by atoms with van der Waals surface area (Å²) in [6, 6.07) is 17.3. The second kappa shape index (κ2) is 6.81. The molecule has 0 saturated carbocycles. The quantitative estimate of drug-likeness (QED) is 0.592. The van der Waals surface area contributed by atoms with Gasteiger partial charge in [-0.1, -0.05) is 63.1 Å². The van der Waals surface area contributed by atoms with Gasteiger partial charge in [-0.25, -0.2) is 0 Å². The van der Waals surface area contributed by atoms with Crippen LogP contribution in [0, 0.1) is 0 Å². The molecule has 0 radical (unpaired) electrons. The summed E-state index contributed by atoms with van der Waals surface area (Å²) in [7, 11) is 0. The third-order valence-corrected chi connectivity index (χ3v) is 5.24. The third-order valence-electron chi connectivity index (χ3n) is 5.24. The van der Waals surface area contributed by atoms with Crippen molar-refractivity contribution in [2.75, 3.05) is 6.61 Å². The average molecular weight is 337 g/mol. The van der Waals surface area contributed by atoms with E-state index in [-0.39, 0.29) is 11.9 Å². The summed E-state index contributed by atoms with van der Waals surface area (Å²) in [4.78, 5) is 0. The molecule has 25 heavy (non-hydrogen) atoms. The zero-order valence-corrected chi connectivity index (χ0v) is 15.2. The largest absolute Gasteiger partial charge is 0.347 e. The molecule has 132 valence electrons. The second-order valence-corrected chi connectivity index (χ2v) is 7.11. The van der Waals surface area contributed by atoms with Gasteiger partial charge in [0.2, 0.25) is 0 Å². The molecule has 1 atom stereocenters. The predicted octanol–water partition coefficient (Wildman–Crippen LogP) is 5.51. The van der Waals surface area contributed by atoms with Crippen LogP contribution < -0.4 is 0 Å². The molecule has 1 fully saturated rings. The Morgan fingerprint density at radius 2 is 1.48 bits per heavy atom. The van der Waals surface area contributed by atoms with Crippen molar-refractivity contribution in [3.63, 3.8) is 0 Å². The number of hydrogen-bond donors (Lipinski definition) is 0. The number of para-hydroxylation sites is 2. The van der Waals surface area contributed by atoms with Crippen LogP contribution in [0.15, 0.2) is 48.5 Å². The third kappa shape index (κ3) is 2.96. The maximum absolute atomic E-state index is 6.46. The minimum atomic E-state index is -0.368. The van der Waals surface area contributed by atoms with Gasteiger partial charge in [0.1, 0.15) is 6.10 Å². The fourth-order valence-electron chi connectivity index (χ4n) is 4.26.